The average molecular weight is 433 g/mol. The molecule has 1 heterocycles. The minimum absolute atomic E-state index is 0. The van der Waals surface area contributed by atoms with Gasteiger partial charge in [0.2, 0.25) is 0 Å². The van der Waals surface area contributed by atoms with E-state index in [2.05, 4.69) is 42.0 Å². The zero-order valence-corrected chi connectivity index (χ0v) is 16.0. The molecule has 0 amide bonds. The van der Waals surface area contributed by atoms with Gasteiger partial charge in [0.1, 0.15) is 4.32 Å². The molecular formula is C8H22BiN3S2. The number of likely N-dealkylation sites (N-methyl/N-ethyl adjacent to an activating group) is 1. The SMILES string of the molecule is CCN1CCCNCC1.NC(=S)S.[BiH3]. The van der Waals surface area contributed by atoms with Crippen LogP contribution in [0.5, 0.6) is 0 Å². The van der Waals surface area contributed by atoms with Crippen molar-refractivity contribution < 1.29 is 0 Å². The van der Waals surface area contributed by atoms with Crippen LogP contribution >= 0.6 is 24.8 Å². The van der Waals surface area contributed by atoms with Gasteiger partial charge in [-0.15, -0.1) is 12.6 Å². The first-order valence-corrected chi connectivity index (χ1v) is 5.43. The molecule has 6 heteroatoms. The Bertz CT molecular complexity index is 135. The number of hydrogen-bond donors (Lipinski definition) is 3. The first kappa shape index (κ1) is 17.4. The van der Waals surface area contributed by atoms with Gasteiger partial charge in [-0.2, -0.15) is 0 Å². The second-order valence-electron chi connectivity index (χ2n) is 2.88. The van der Waals surface area contributed by atoms with E-state index in [1.807, 2.05) is 0 Å². The molecular weight excluding hydrogens is 411 g/mol. The number of nitrogens with two attached hydrogens (primary N) is 1. The maximum absolute atomic E-state index is 4.71. The van der Waals surface area contributed by atoms with Gasteiger partial charge in [-0.3, -0.25) is 0 Å². The molecule has 0 spiro atoms. The van der Waals surface area contributed by atoms with E-state index in [9.17, 15) is 0 Å². The summed E-state index contributed by atoms with van der Waals surface area (Å²) < 4.78 is 0.194. The number of nitrogens with zero attached hydrogens (tertiary/aromatic N) is 1. The Kier molecular flexibility index (Phi) is 15.1. The average Bonchev–Trinajstić information content (AvgIpc) is 2.30. The van der Waals surface area contributed by atoms with E-state index in [-0.39, 0.29) is 30.5 Å². The van der Waals surface area contributed by atoms with E-state index >= 15 is 0 Å². The van der Waals surface area contributed by atoms with Crippen LogP contribution in [0.3, 0.4) is 0 Å². The number of hydrogen-bond acceptors (Lipinski definition) is 3. The minimum atomic E-state index is 0. The fraction of sp³-hybridized carbons (Fsp3) is 0.875. The molecule has 0 saturated carbocycles. The van der Waals surface area contributed by atoms with Crippen LogP contribution in [0.2, 0.25) is 0 Å². The third-order valence-electron chi connectivity index (χ3n) is 1.88. The molecule has 3 nitrogen and oxygen atoms in total. The summed E-state index contributed by atoms with van der Waals surface area (Å²) in [5, 5.41) is 3.37. The Morgan fingerprint density at radius 1 is 1.50 bits per heavy atom. The van der Waals surface area contributed by atoms with Crippen molar-refractivity contribution in [2.24, 2.45) is 5.73 Å². The molecule has 1 rings (SSSR count). The molecule has 0 unspecified atom stereocenters. The number of rotatable bonds is 1. The molecule has 3 N–H and O–H groups in total. The van der Waals surface area contributed by atoms with Crippen LogP contribution in [0, 0.1) is 0 Å². The normalized spacial score (nSPS) is 17.0. The number of thiol groups is 1. The summed E-state index contributed by atoms with van der Waals surface area (Å²) >= 11 is 7.65. The predicted molar refractivity (Wildman–Crippen MR) is 75.3 cm³/mol. The van der Waals surface area contributed by atoms with Crippen LogP contribution in [-0.2, 0) is 0 Å². The van der Waals surface area contributed by atoms with E-state index in [1.165, 1.54) is 39.1 Å². The van der Waals surface area contributed by atoms with E-state index in [0.29, 0.717) is 0 Å². The molecule has 1 saturated heterocycles. The Morgan fingerprint density at radius 3 is 2.57 bits per heavy atom. The van der Waals surface area contributed by atoms with Crippen molar-refractivity contribution in [2.45, 2.75) is 13.3 Å². The van der Waals surface area contributed by atoms with Crippen LogP contribution in [0.1, 0.15) is 13.3 Å². The van der Waals surface area contributed by atoms with Crippen molar-refractivity contribution in [3.63, 3.8) is 0 Å². The van der Waals surface area contributed by atoms with Crippen LogP contribution in [0.25, 0.3) is 0 Å². The summed E-state index contributed by atoms with van der Waals surface area (Å²) in [6, 6.07) is 0. The van der Waals surface area contributed by atoms with Gasteiger partial charge >= 0.3 is 26.2 Å². The van der Waals surface area contributed by atoms with Crippen molar-refractivity contribution in [3.05, 3.63) is 0 Å². The Balaban J connectivity index is 0. The molecule has 0 radical (unpaired) electrons. The summed E-state index contributed by atoms with van der Waals surface area (Å²) in [7, 11) is 0. The zero-order chi connectivity index (χ0) is 10.1. The van der Waals surface area contributed by atoms with Crippen LogP contribution < -0.4 is 11.1 Å². The van der Waals surface area contributed by atoms with Crippen molar-refractivity contribution in [1.29, 1.82) is 0 Å². The van der Waals surface area contributed by atoms with Gasteiger partial charge in [0.15, 0.2) is 0 Å². The summed E-state index contributed by atoms with van der Waals surface area (Å²) in [5.74, 6) is 0. The predicted octanol–water partition coefficient (Wildman–Crippen LogP) is -0.722. The third-order valence-corrected chi connectivity index (χ3v) is 1.88. The van der Waals surface area contributed by atoms with E-state index in [0.717, 1.165) is 0 Å². The van der Waals surface area contributed by atoms with Crippen molar-refractivity contribution in [3.8, 4) is 0 Å². The Hall–Kier alpha value is 1.04. The van der Waals surface area contributed by atoms with Crippen molar-refractivity contribution >= 4 is 55.4 Å². The van der Waals surface area contributed by atoms with E-state index in [1.54, 1.807) is 0 Å². The Labute approximate surface area is 117 Å². The molecule has 1 aliphatic rings. The summed E-state index contributed by atoms with van der Waals surface area (Å²) in [5.41, 5.74) is 4.71. The van der Waals surface area contributed by atoms with Gasteiger partial charge in [0.25, 0.3) is 0 Å². The maximum atomic E-state index is 4.71. The molecule has 0 atom stereocenters. The second-order valence-corrected chi connectivity index (χ2v) is 4.10. The molecule has 0 aromatic carbocycles. The van der Waals surface area contributed by atoms with Gasteiger partial charge in [0, 0.05) is 13.1 Å². The van der Waals surface area contributed by atoms with Gasteiger partial charge in [0.05, 0.1) is 0 Å². The summed E-state index contributed by atoms with van der Waals surface area (Å²) in [6.45, 7) is 8.33. The first-order chi connectivity index (χ1) is 6.16. The van der Waals surface area contributed by atoms with Crippen molar-refractivity contribution in [2.75, 3.05) is 32.7 Å². The number of thiocarbonyl (C=S) groups is 1. The van der Waals surface area contributed by atoms with E-state index in [4.69, 9.17) is 5.73 Å². The summed E-state index contributed by atoms with van der Waals surface area (Å²) in [4.78, 5) is 2.49. The van der Waals surface area contributed by atoms with Crippen LogP contribution in [0.15, 0.2) is 0 Å². The topological polar surface area (TPSA) is 41.3 Å². The van der Waals surface area contributed by atoms with Gasteiger partial charge in [-0.05, 0) is 26.1 Å². The molecule has 0 aromatic rings. The molecule has 86 valence electrons. The number of nitrogens with one attached hydrogen (secondary N) is 1. The molecule has 0 aromatic heterocycles. The molecule has 14 heavy (non-hydrogen) atoms. The third kappa shape index (κ3) is 13.0. The monoisotopic (exact) mass is 433 g/mol. The van der Waals surface area contributed by atoms with E-state index < -0.39 is 0 Å². The quantitative estimate of drug-likeness (QED) is 0.290. The molecule has 1 fully saturated rings. The first-order valence-electron chi connectivity index (χ1n) is 4.58. The van der Waals surface area contributed by atoms with Gasteiger partial charge in [-0.1, -0.05) is 19.1 Å². The fourth-order valence-corrected chi connectivity index (χ4v) is 1.22. The Morgan fingerprint density at radius 2 is 2.07 bits per heavy atom. The van der Waals surface area contributed by atoms with Crippen molar-refractivity contribution in [1.82, 2.24) is 10.2 Å². The second kappa shape index (κ2) is 12.1. The zero-order valence-electron chi connectivity index (χ0n) is 8.83. The summed E-state index contributed by atoms with van der Waals surface area (Å²) in [6.07, 6.45) is 1.31. The van der Waals surface area contributed by atoms with Crippen LogP contribution in [-0.4, -0.2) is 68.1 Å². The molecule has 0 bridgehead atoms. The standard InChI is InChI=1S/C7H16N2.CH3NS2.Bi.3H/c1-2-9-6-3-4-8-5-7-9;2-1(3)4;;;;/h8H,2-7H2,1H3;(H3,2,3,4);;;;. The van der Waals surface area contributed by atoms with Gasteiger partial charge in [-0.25, -0.2) is 0 Å². The fourth-order valence-electron chi connectivity index (χ4n) is 1.22. The molecule has 0 aliphatic carbocycles. The van der Waals surface area contributed by atoms with Gasteiger partial charge < -0.3 is 16.0 Å². The molecule has 1 aliphatic heterocycles. The van der Waals surface area contributed by atoms with Crippen LogP contribution in [0.4, 0.5) is 0 Å².